The zero-order chi connectivity index (χ0) is 14.4. The van der Waals surface area contributed by atoms with E-state index in [0.717, 1.165) is 0 Å². The maximum absolute atomic E-state index is 12.3. The van der Waals surface area contributed by atoms with Gasteiger partial charge < -0.3 is 10.4 Å². The Morgan fingerprint density at radius 2 is 1.72 bits per heavy atom. The summed E-state index contributed by atoms with van der Waals surface area (Å²) in [5.74, 6) is -1.08. The molecule has 1 fully saturated rings. The zero-order valence-corrected chi connectivity index (χ0v) is 12.3. The van der Waals surface area contributed by atoms with Crippen molar-refractivity contribution in [3.05, 3.63) is 0 Å². The minimum Gasteiger partial charge on any atom is -0.481 e. The summed E-state index contributed by atoms with van der Waals surface area (Å²) in [6.07, 6.45) is 1.19. The summed E-state index contributed by atoms with van der Waals surface area (Å²) in [6, 6.07) is 0. The van der Waals surface area contributed by atoms with Gasteiger partial charge in [0, 0.05) is 11.5 Å². The van der Waals surface area contributed by atoms with E-state index in [-0.39, 0.29) is 17.4 Å². The van der Waals surface area contributed by atoms with Gasteiger partial charge in [0.05, 0.1) is 5.41 Å². The van der Waals surface area contributed by atoms with E-state index >= 15 is 0 Å². The Kier molecular flexibility index (Phi) is 3.54. The molecule has 2 atom stereocenters. The highest BCUT2D eigenvalue weighted by Gasteiger charge is 2.58. The van der Waals surface area contributed by atoms with Gasteiger partial charge in [0.1, 0.15) is 0 Å². The molecule has 0 radical (unpaired) electrons. The molecular formula is C14H25NO3. The molecule has 4 nitrogen and oxygen atoms in total. The summed E-state index contributed by atoms with van der Waals surface area (Å²) in [4.78, 5) is 23.7. The van der Waals surface area contributed by atoms with Crippen molar-refractivity contribution < 1.29 is 14.7 Å². The molecule has 4 heteroatoms. The molecule has 0 bridgehead atoms. The lowest BCUT2D eigenvalue weighted by Crippen LogP contribution is -2.49. The number of carbonyl (C=O) groups excluding carboxylic acids is 1. The van der Waals surface area contributed by atoms with Crippen molar-refractivity contribution in [1.82, 2.24) is 5.32 Å². The molecule has 1 amide bonds. The third-order valence-electron chi connectivity index (χ3n) is 4.51. The Morgan fingerprint density at radius 1 is 1.22 bits per heavy atom. The molecule has 0 unspecified atom stereocenters. The van der Waals surface area contributed by atoms with Crippen LogP contribution in [0.15, 0.2) is 0 Å². The highest BCUT2D eigenvalue weighted by Crippen LogP contribution is 2.56. The Hall–Kier alpha value is -1.06. The van der Waals surface area contributed by atoms with Gasteiger partial charge in [-0.2, -0.15) is 0 Å². The lowest BCUT2D eigenvalue weighted by atomic mass is 9.65. The van der Waals surface area contributed by atoms with Crippen molar-refractivity contribution in [2.45, 2.75) is 59.9 Å². The van der Waals surface area contributed by atoms with Gasteiger partial charge >= 0.3 is 5.97 Å². The highest BCUT2D eigenvalue weighted by atomic mass is 16.4. The maximum atomic E-state index is 12.3. The predicted molar refractivity (Wildman–Crippen MR) is 70.1 cm³/mol. The van der Waals surface area contributed by atoms with Gasteiger partial charge in [-0.15, -0.1) is 0 Å². The van der Waals surface area contributed by atoms with Crippen LogP contribution in [0.5, 0.6) is 0 Å². The Bertz CT molecular complexity index is 368. The fraction of sp³-hybridized carbons (Fsp3) is 0.857. The number of hydrogen-bond acceptors (Lipinski definition) is 2. The lowest BCUT2D eigenvalue weighted by Gasteiger charge is -2.38. The summed E-state index contributed by atoms with van der Waals surface area (Å²) in [6.45, 7) is 11.3. The van der Waals surface area contributed by atoms with Crippen LogP contribution in [-0.2, 0) is 9.59 Å². The van der Waals surface area contributed by atoms with Crippen molar-refractivity contribution in [1.29, 1.82) is 0 Å². The van der Waals surface area contributed by atoms with Gasteiger partial charge in [0.2, 0.25) is 5.91 Å². The van der Waals surface area contributed by atoms with Gasteiger partial charge in [0.25, 0.3) is 0 Å². The average molecular weight is 255 g/mol. The lowest BCUT2D eigenvalue weighted by molar-refractivity contribution is -0.155. The van der Waals surface area contributed by atoms with Crippen molar-refractivity contribution in [2.75, 3.05) is 0 Å². The van der Waals surface area contributed by atoms with E-state index in [2.05, 4.69) is 5.32 Å². The number of carbonyl (C=O) groups is 2. The fourth-order valence-electron chi connectivity index (χ4n) is 2.80. The summed E-state index contributed by atoms with van der Waals surface area (Å²) >= 11 is 0. The zero-order valence-electron chi connectivity index (χ0n) is 12.3. The summed E-state index contributed by atoms with van der Waals surface area (Å²) in [5.41, 5.74) is -1.64. The number of carboxylic acid groups (broad SMARTS) is 1. The third-order valence-corrected chi connectivity index (χ3v) is 4.51. The molecule has 1 aliphatic rings. The average Bonchev–Trinajstić information content (AvgIpc) is 2.36. The topological polar surface area (TPSA) is 66.4 Å². The second-order valence-corrected chi connectivity index (χ2v) is 7.19. The molecule has 0 saturated heterocycles. The van der Waals surface area contributed by atoms with Crippen LogP contribution in [0.4, 0.5) is 0 Å². The first-order chi connectivity index (χ1) is 7.92. The van der Waals surface area contributed by atoms with E-state index in [1.165, 1.54) is 0 Å². The molecule has 0 aliphatic heterocycles. The molecule has 0 aromatic heterocycles. The molecule has 1 saturated carbocycles. The largest absolute Gasteiger partial charge is 0.481 e. The SMILES string of the molecule is CC(C)(C)NC(=O)[C@H]1CC[C@](C)(C(=O)O)C1(C)C. The van der Waals surface area contributed by atoms with E-state index in [9.17, 15) is 14.7 Å². The van der Waals surface area contributed by atoms with Crippen LogP contribution < -0.4 is 5.32 Å². The van der Waals surface area contributed by atoms with E-state index < -0.39 is 16.8 Å². The molecule has 18 heavy (non-hydrogen) atoms. The number of rotatable bonds is 2. The Labute approximate surface area is 109 Å². The second kappa shape index (κ2) is 4.25. The first kappa shape index (κ1) is 15.0. The second-order valence-electron chi connectivity index (χ2n) is 7.19. The maximum Gasteiger partial charge on any atom is 0.309 e. The molecule has 2 N–H and O–H groups in total. The van der Waals surface area contributed by atoms with Crippen LogP contribution in [0.25, 0.3) is 0 Å². The number of aliphatic carboxylic acids is 1. The van der Waals surface area contributed by atoms with E-state index in [1.807, 2.05) is 34.6 Å². The first-order valence-electron chi connectivity index (χ1n) is 6.47. The number of amides is 1. The molecule has 1 aliphatic carbocycles. The third kappa shape index (κ3) is 2.38. The molecule has 0 spiro atoms. The first-order valence-corrected chi connectivity index (χ1v) is 6.47. The Balaban J connectivity index is 2.95. The van der Waals surface area contributed by atoms with Crippen LogP contribution in [0.2, 0.25) is 0 Å². The number of carboxylic acids is 1. The summed E-state index contributed by atoms with van der Waals surface area (Å²) < 4.78 is 0. The molecule has 0 aromatic carbocycles. The minimum atomic E-state index is -0.826. The number of nitrogens with one attached hydrogen (secondary N) is 1. The van der Waals surface area contributed by atoms with Gasteiger partial charge in [-0.3, -0.25) is 9.59 Å². The van der Waals surface area contributed by atoms with Crippen molar-refractivity contribution in [2.24, 2.45) is 16.7 Å². The predicted octanol–water partition coefficient (Wildman–Crippen LogP) is 2.43. The smallest absolute Gasteiger partial charge is 0.309 e. The fourth-order valence-corrected chi connectivity index (χ4v) is 2.80. The normalized spacial score (nSPS) is 31.1. The molecule has 0 aromatic rings. The standard InChI is InChI=1S/C14H25NO3/c1-12(2,3)15-10(16)9-7-8-14(6,11(17)18)13(9,4)5/h9H,7-8H2,1-6H3,(H,15,16)(H,17,18)/t9-,14-/m1/s1. The van der Waals surface area contributed by atoms with Crippen LogP contribution in [0, 0.1) is 16.7 Å². The Morgan fingerprint density at radius 3 is 2.06 bits per heavy atom. The van der Waals surface area contributed by atoms with E-state index in [0.29, 0.717) is 12.8 Å². The van der Waals surface area contributed by atoms with Crippen molar-refractivity contribution >= 4 is 11.9 Å². The highest BCUT2D eigenvalue weighted by molar-refractivity contribution is 5.84. The molecular weight excluding hydrogens is 230 g/mol. The number of hydrogen-bond donors (Lipinski definition) is 2. The van der Waals surface area contributed by atoms with Crippen LogP contribution in [0.1, 0.15) is 54.4 Å². The van der Waals surface area contributed by atoms with Crippen molar-refractivity contribution in [3.63, 3.8) is 0 Å². The van der Waals surface area contributed by atoms with E-state index in [1.54, 1.807) is 6.92 Å². The minimum absolute atomic E-state index is 0.0301. The van der Waals surface area contributed by atoms with Gasteiger partial charge in [-0.25, -0.2) is 0 Å². The van der Waals surface area contributed by atoms with Crippen molar-refractivity contribution in [3.8, 4) is 0 Å². The van der Waals surface area contributed by atoms with Gasteiger partial charge in [0.15, 0.2) is 0 Å². The van der Waals surface area contributed by atoms with Crippen LogP contribution in [-0.4, -0.2) is 22.5 Å². The van der Waals surface area contributed by atoms with Gasteiger partial charge in [-0.1, -0.05) is 13.8 Å². The molecule has 1 rings (SSSR count). The summed E-state index contributed by atoms with van der Waals surface area (Å²) in [7, 11) is 0. The van der Waals surface area contributed by atoms with E-state index in [4.69, 9.17) is 0 Å². The molecule has 0 heterocycles. The van der Waals surface area contributed by atoms with Crippen LogP contribution in [0.3, 0.4) is 0 Å². The molecule has 104 valence electrons. The quantitative estimate of drug-likeness (QED) is 0.796. The van der Waals surface area contributed by atoms with Crippen LogP contribution >= 0.6 is 0 Å². The summed E-state index contributed by atoms with van der Waals surface area (Å²) in [5, 5.41) is 12.4. The monoisotopic (exact) mass is 255 g/mol. The van der Waals surface area contributed by atoms with Gasteiger partial charge in [-0.05, 0) is 46.0 Å².